The van der Waals surface area contributed by atoms with Crippen molar-refractivity contribution < 1.29 is 14.6 Å². The van der Waals surface area contributed by atoms with Gasteiger partial charge in [-0.05, 0) is 42.5 Å². The zero-order valence-electron chi connectivity index (χ0n) is 10.2. The number of carbonyl (C=O) groups is 1. The minimum atomic E-state index is -0.891. The van der Waals surface area contributed by atoms with Crippen LogP contribution >= 0.6 is 0 Å². The van der Waals surface area contributed by atoms with Crippen LogP contribution in [0.2, 0.25) is 0 Å². The monoisotopic (exact) mass is 222 g/mol. The quantitative estimate of drug-likeness (QED) is 0.852. The lowest BCUT2D eigenvalue weighted by molar-refractivity contribution is 0.0695. The number of ether oxygens (including phenoxy) is 1. The molecule has 0 unspecified atom stereocenters. The molecule has 0 bridgehead atoms. The molecule has 1 N–H and O–H groups in total. The van der Waals surface area contributed by atoms with E-state index in [-0.39, 0.29) is 0 Å². The summed E-state index contributed by atoms with van der Waals surface area (Å²) in [4.78, 5) is 11.2. The topological polar surface area (TPSA) is 46.5 Å². The summed E-state index contributed by atoms with van der Waals surface area (Å²) in [5.41, 5.74) is 2.24. The van der Waals surface area contributed by atoms with Gasteiger partial charge in [0.1, 0.15) is 5.75 Å². The second-order valence-corrected chi connectivity index (χ2v) is 4.37. The Kier molecular flexibility index (Phi) is 3.93. The van der Waals surface area contributed by atoms with Gasteiger partial charge >= 0.3 is 5.97 Å². The molecule has 1 rings (SSSR count). The van der Waals surface area contributed by atoms with E-state index in [0.29, 0.717) is 17.2 Å². The fraction of sp³-hybridized carbons (Fsp3) is 0.462. The van der Waals surface area contributed by atoms with Gasteiger partial charge in [0.05, 0.1) is 12.7 Å². The first-order valence-corrected chi connectivity index (χ1v) is 5.36. The Hall–Kier alpha value is -1.51. The maximum atomic E-state index is 11.2. The van der Waals surface area contributed by atoms with Crippen molar-refractivity contribution >= 4 is 5.97 Å². The van der Waals surface area contributed by atoms with Crippen molar-refractivity contribution in [1.82, 2.24) is 0 Å². The second-order valence-electron chi connectivity index (χ2n) is 4.37. The van der Waals surface area contributed by atoms with Gasteiger partial charge in [0.2, 0.25) is 0 Å². The Morgan fingerprint density at radius 2 is 2.06 bits per heavy atom. The summed E-state index contributed by atoms with van der Waals surface area (Å²) in [6.07, 6.45) is 0.775. The first-order valence-electron chi connectivity index (χ1n) is 5.36. The van der Waals surface area contributed by atoms with Crippen LogP contribution in [-0.4, -0.2) is 18.2 Å². The molecule has 0 aromatic heterocycles. The van der Waals surface area contributed by atoms with Crippen molar-refractivity contribution in [2.24, 2.45) is 5.92 Å². The molecule has 88 valence electrons. The van der Waals surface area contributed by atoms with Gasteiger partial charge in [0, 0.05) is 0 Å². The number of methoxy groups -OCH3 is 1. The summed E-state index contributed by atoms with van der Waals surface area (Å²) >= 11 is 0. The van der Waals surface area contributed by atoms with Gasteiger partial charge in [0.15, 0.2) is 0 Å². The van der Waals surface area contributed by atoms with E-state index in [0.717, 1.165) is 17.5 Å². The molecule has 0 saturated heterocycles. The van der Waals surface area contributed by atoms with Crippen LogP contribution in [0.3, 0.4) is 0 Å². The van der Waals surface area contributed by atoms with E-state index < -0.39 is 5.97 Å². The summed E-state index contributed by atoms with van der Waals surface area (Å²) in [6, 6.07) is 3.47. The third kappa shape index (κ3) is 2.75. The largest absolute Gasteiger partial charge is 0.497 e. The Labute approximate surface area is 96.1 Å². The molecule has 0 aliphatic rings. The molecule has 1 aromatic carbocycles. The Morgan fingerprint density at radius 3 is 2.50 bits per heavy atom. The molecule has 0 saturated carbocycles. The van der Waals surface area contributed by atoms with Gasteiger partial charge in [-0.15, -0.1) is 0 Å². The summed E-state index contributed by atoms with van der Waals surface area (Å²) in [5.74, 6) is 0.144. The van der Waals surface area contributed by atoms with Gasteiger partial charge in [0.25, 0.3) is 0 Å². The molecule has 3 heteroatoms. The van der Waals surface area contributed by atoms with E-state index >= 15 is 0 Å². The highest BCUT2D eigenvalue weighted by Gasteiger charge is 2.15. The van der Waals surface area contributed by atoms with Crippen LogP contribution in [-0.2, 0) is 6.42 Å². The van der Waals surface area contributed by atoms with Crippen molar-refractivity contribution in [3.8, 4) is 5.75 Å². The molecular formula is C13H18O3. The zero-order valence-corrected chi connectivity index (χ0v) is 10.2. The number of carboxylic acids is 1. The lowest BCUT2D eigenvalue weighted by atomic mass is 9.93. The van der Waals surface area contributed by atoms with Crippen molar-refractivity contribution in [3.05, 3.63) is 28.8 Å². The van der Waals surface area contributed by atoms with E-state index in [1.807, 2.05) is 13.0 Å². The first-order chi connectivity index (χ1) is 7.45. The average Bonchev–Trinajstić information content (AvgIpc) is 2.19. The molecule has 16 heavy (non-hydrogen) atoms. The predicted molar refractivity (Wildman–Crippen MR) is 63.2 cm³/mol. The standard InChI is InChI=1S/C13H18O3/c1-8(2)5-11-9(3)6-10(16-4)7-12(11)13(14)15/h6-8H,5H2,1-4H3,(H,14,15). The van der Waals surface area contributed by atoms with Crippen molar-refractivity contribution in [2.75, 3.05) is 7.11 Å². The summed E-state index contributed by atoms with van der Waals surface area (Å²) in [5, 5.41) is 9.17. The zero-order chi connectivity index (χ0) is 12.3. The molecule has 0 amide bonds. The molecule has 0 fully saturated rings. The third-order valence-electron chi connectivity index (χ3n) is 2.52. The highest BCUT2D eigenvalue weighted by molar-refractivity contribution is 5.90. The number of hydrogen-bond acceptors (Lipinski definition) is 2. The number of benzene rings is 1. The smallest absolute Gasteiger partial charge is 0.336 e. The summed E-state index contributed by atoms with van der Waals surface area (Å²) < 4.78 is 5.08. The van der Waals surface area contributed by atoms with Gasteiger partial charge in [-0.25, -0.2) is 4.79 Å². The third-order valence-corrected chi connectivity index (χ3v) is 2.52. The van der Waals surface area contributed by atoms with Crippen LogP contribution in [0.4, 0.5) is 0 Å². The van der Waals surface area contributed by atoms with Crippen molar-refractivity contribution in [3.63, 3.8) is 0 Å². The minimum absolute atomic E-state index is 0.352. The molecule has 0 spiro atoms. The lowest BCUT2D eigenvalue weighted by Gasteiger charge is -2.13. The number of carboxylic acid groups (broad SMARTS) is 1. The van der Waals surface area contributed by atoms with E-state index in [2.05, 4.69) is 13.8 Å². The average molecular weight is 222 g/mol. The molecule has 1 aromatic rings. The van der Waals surface area contributed by atoms with E-state index in [1.54, 1.807) is 13.2 Å². The Morgan fingerprint density at radius 1 is 1.44 bits per heavy atom. The maximum absolute atomic E-state index is 11.2. The summed E-state index contributed by atoms with van der Waals surface area (Å²) in [6.45, 7) is 6.08. The first kappa shape index (κ1) is 12.6. The van der Waals surface area contributed by atoms with E-state index in [4.69, 9.17) is 9.84 Å². The number of aryl methyl sites for hydroxylation is 1. The van der Waals surface area contributed by atoms with Crippen LogP contribution in [0.5, 0.6) is 5.75 Å². The second kappa shape index (κ2) is 5.01. The van der Waals surface area contributed by atoms with Crippen LogP contribution in [0.25, 0.3) is 0 Å². The molecule has 3 nitrogen and oxygen atoms in total. The predicted octanol–water partition coefficient (Wildman–Crippen LogP) is 2.90. The molecule has 0 aliphatic heterocycles. The van der Waals surface area contributed by atoms with E-state index in [1.165, 1.54) is 0 Å². The highest BCUT2D eigenvalue weighted by Crippen LogP contribution is 2.24. The van der Waals surface area contributed by atoms with Crippen LogP contribution in [0.1, 0.15) is 35.3 Å². The maximum Gasteiger partial charge on any atom is 0.336 e. The van der Waals surface area contributed by atoms with Crippen LogP contribution in [0.15, 0.2) is 12.1 Å². The lowest BCUT2D eigenvalue weighted by Crippen LogP contribution is -2.08. The Balaban J connectivity index is 3.28. The number of hydrogen-bond donors (Lipinski definition) is 1. The molecule has 0 heterocycles. The summed E-state index contributed by atoms with van der Waals surface area (Å²) in [7, 11) is 1.54. The Bertz CT molecular complexity index is 394. The molecule has 0 aliphatic carbocycles. The van der Waals surface area contributed by atoms with Gasteiger partial charge in [-0.3, -0.25) is 0 Å². The molecule has 0 radical (unpaired) electrons. The molecular weight excluding hydrogens is 204 g/mol. The normalized spacial score (nSPS) is 10.6. The van der Waals surface area contributed by atoms with Gasteiger partial charge in [-0.2, -0.15) is 0 Å². The number of rotatable bonds is 4. The van der Waals surface area contributed by atoms with E-state index in [9.17, 15) is 4.79 Å². The van der Waals surface area contributed by atoms with Gasteiger partial charge < -0.3 is 9.84 Å². The number of aromatic carboxylic acids is 1. The fourth-order valence-corrected chi connectivity index (χ4v) is 1.77. The minimum Gasteiger partial charge on any atom is -0.497 e. The van der Waals surface area contributed by atoms with Crippen molar-refractivity contribution in [2.45, 2.75) is 27.2 Å². The fourth-order valence-electron chi connectivity index (χ4n) is 1.77. The van der Waals surface area contributed by atoms with Crippen LogP contribution in [0, 0.1) is 12.8 Å². The highest BCUT2D eigenvalue weighted by atomic mass is 16.5. The van der Waals surface area contributed by atoms with Crippen LogP contribution < -0.4 is 4.74 Å². The molecule has 0 atom stereocenters. The van der Waals surface area contributed by atoms with Gasteiger partial charge in [-0.1, -0.05) is 13.8 Å². The SMILES string of the molecule is COc1cc(C)c(CC(C)C)c(C(=O)O)c1. The van der Waals surface area contributed by atoms with Crippen molar-refractivity contribution in [1.29, 1.82) is 0 Å².